The third-order valence-electron chi connectivity index (χ3n) is 2.39. The molecule has 0 spiro atoms. The Morgan fingerprint density at radius 2 is 1.79 bits per heavy atom. The van der Waals surface area contributed by atoms with E-state index < -0.39 is 0 Å². The van der Waals surface area contributed by atoms with Gasteiger partial charge in [-0.15, -0.1) is 23.5 Å². The van der Waals surface area contributed by atoms with Gasteiger partial charge in [0.25, 0.3) is 0 Å². The number of hydrogen-bond donors (Lipinski definition) is 0. The fraction of sp³-hybridized carbons (Fsp3) is 0.600. The van der Waals surface area contributed by atoms with Crippen LogP contribution in [0.2, 0.25) is 0 Å². The van der Waals surface area contributed by atoms with Crippen molar-refractivity contribution in [1.82, 2.24) is 0 Å². The number of allylic oxidation sites excluding steroid dienone is 2. The monoisotopic (exact) mass is 230 g/mol. The molecule has 14 heavy (non-hydrogen) atoms. The quantitative estimate of drug-likeness (QED) is 0.746. The van der Waals surface area contributed by atoms with E-state index in [0.717, 1.165) is 6.42 Å². The summed E-state index contributed by atoms with van der Waals surface area (Å²) in [6, 6.07) is 0. The molecule has 0 aromatic rings. The molecule has 2 nitrogen and oxygen atoms in total. The van der Waals surface area contributed by atoms with Crippen molar-refractivity contribution in [1.29, 1.82) is 0 Å². The summed E-state index contributed by atoms with van der Waals surface area (Å²) >= 11 is 2.79. The molecule has 0 fully saturated rings. The molecule has 0 aliphatic heterocycles. The van der Waals surface area contributed by atoms with Gasteiger partial charge in [0.15, 0.2) is 11.6 Å². The van der Waals surface area contributed by atoms with Crippen molar-refractivity contribution >= 4 is 35.1 Å². The minimum Gasteiger partial charge on any atom is -0.294 e. The van der Waals surface area contributed by atoms with E-state index in [4.69, 9.17) is 0 Å². The number of rotatable bonds is 3. The molecule has 0 aromatic carbocycles. The van der Waals surface area contributed by atoms with E-state index in [-0.39, 0.29) is 17.5 Å². The van der Waals surface area contributed by atoms with Crippen LogP contribution in [0, 0.1) is 5.92 Å². The second kappa shape index (κ2) is 5.03. The summed E-state index contributed by atoms with van der Waals surface area (Å²) < 4.78 is 0. The molecule has 0 aromatic heterocycles. The van der Waals surface area contributed by atoms with Crippen LogP contribution in [0.15, 0.2) is 9.81 Å². The minimum absolute atomic E-state index is 0.0825. The Balaban J connectivity index is 3.09. The van der Waals surface area contributed by atoms with Crippen LogP contribution < -0.4 is 0 Å². The van der Waals surface area contributed by atoms with Crippen LogP contribution in [0.25, 0.3) is 0 Å². The van der Waals surface area contributed by atoms with Crippen molar-refractivity contribution in [2.75, 3.05) is 12.5 Å². The van der Waals surface area contributed by atoms with Gasteiger partial charge >= 0.3 is 0 Å². The van der Waals surface area contributed by atoms with E-state index in [2.05, 4.69) is 0 Å². The van der Waals surface area contributed by atoms with Gasteiger partial charge in [0, 0.05) is 12.3 Å². The summed E-state index contributed by atoms with van der Waals surface area (Å²) in [4.78, 5) is 24.9. The van der Waals surface area contributed by atoms with E-state index in [1.165, 1.54) is 23.5 Å². The molecule has 1 aliphatic carbocycles. The second-order valence-electron chi connectivity index (χ2n) is 3.16. The third kappa shape index (κ3) is 2.06. The Hall–Kier alpha value is -0.220. The average Bonchev–Trinajstić information content (AvgIpc) is 2.20. The van der Waals surface area contributed by atoms with Gasteiger partial charge in [0.2, 0.25) is 0 Å². The highest BCUT2D eigenvalue weighted by Gasteiger charge is 2.32. The van der Waals surface area contributed by atoms with Gasteiger partial charge < -0.3 is 0 Å². The van der Waals surface area contributed by atoms with Crippen molar-refractivity contribution in [3.8, 4) is 0 Å². The number of thioether (sulfide) groups is 2. The molecule has 0 saturated carbocycles. The fourth-order valence-electron chi connectivity index (χ4n) is 1.56. The summed E-state index contributed by atoms with van der Waals surface area (Å²) in [5, 5.41) is 0. The zero-order chi connectivity index (χ0) is 10.7. The largest absolute Gasteiger partial charge is 0.294 e. The highest BCUT2D eigenvalue weighted by Crippen LogP contribution is 2.35. The van der Waals surface area contributed by atoms with Gasteiger partial charge in [-0.25, -0.2) is 0 Å². The summed E-state index contributed by atoms with van der Waals surface area (Å²) in [5.41, 5.74) is 0. The molecule has 0 saturated heterocycles. The molecule has 1 unspecified atom stereocenters. The molecule has 0 amide bonds. The first-order chi connectivity index (χ1) is 6.65. The summed E-state index contributed by atoms with van der Waals surface area (Å²) in [7, 11) is 0. The van der Waals surface area contributed by atoms with Gasteiger partial charge in [-0.1, -0.05) is 6.92 Å². The average molecular weight is 230 g/mol. The maximum absolute atomic E-state index is 11.9. The van der Waals surface area contributed by atoms with E-state index in [1.54, 1.807) is 0 Å². The first-order valence-corrected chi connectivity index (χ1v) is 7.00. The predicted molar refractivity (Wildman–Crippen MR) is 62.5 cm³/mol. The van der Waals surface area contributed by atoms with E-state index in [0.29, 0.717) is 16.2 Å². The second-order valence-corrected chi connectivity index (χ2v) is 4.80. The zero-order valence-corrected chi connectivity index (χ0v) is 10.3. The summed E-state index contributed by atoms with van der Waals surface area (Å²) in [6.45, 7) is 1.96. The van der Waals surface area contributed by atoms with Crippen LogP contribution in [0.3, 0.4) is 0 Å². The van der Waals surface area contributed by atoms with Crippen molar-refractivity contribution in [2.24, 2.45) is 5.92 Å². The number of carbonyl (C=O) groups is 2. The smallest absolute Gasteiger partial charge is 0.173 e. The molecule has 78 valence electrons. The molecular weight excluding hydrogens is 216 g/mol. The molecule has 0 heterocycles. The fourth-order valence-corrected chi connectivity index (χ4v) is 3.33. The first-order valence-electron chi connectivity index (χ1n) is 4.55. The van der Waals surface area contributed by atoms with Crippen LogP contribution in [0.4, 0.5) is 0 Å². The molecule has 0 bridgehead atoms. The van der Waals surface area contributed by atoms with Crippen LogP contribution in [0.1, 0.15) is 19.8 Å². The first kappa shape index (κ1) is 11.9. The van der Waals surface area contributed by atoms with E-state index in [1.807, 2.05) is 19.4 Å². The Kier molecular flexibility index (Phi) is 4.26. The number of Topliss-reactive ketones (excluding diaryl/α,β-unsaturated/α-hetero) is 2. The molecule has 0 N–H and O–H groups in total. The normalized spacial score (nSPS) is 23.2. The van der Waals surface area contributed by atoms with Gasteiger partial charge in [-0.2, -0.15) is 0 Å². The van der Waals surface area contributed by atoms with Crippen molar-refractivity contribution < 1.29 is 9.59 Å². The summed E-state index contributed by atoms with van der Waals surface area (Å²) in [6.07, 6.45) is 4.86. The standard InChI is InChI=1S/C10H14O2S2/c1-4-6-5-7(11)9(13-2)10(14-3)8(6)12/h6H,4-5H2,1-3H3. The molecule has 1 atom stereocenters. The van der Waals surface area contributed by atoms with Crippen molar-refractivity contribution in [2.45, 2.75) is 19.8 Å². The van der Waals surface area contributed by atoms with Gasteiger partial charge in [0.05, 0.1) is 9.81 Å². The van der Waals surface area contributed by atoms with Crippen LogP contribution in [0.5, 0.6) is 0 Å². The maximum Gasteiger partial charge on any atom is 0.173 e. The molecule has 1 aliphatic rings. The van der Waals surface area contributed by atoms with Crippen LogP contribution in [-0.2, 0) is 9.59 Å². The third-order valence-corrected chi connectivity index (χ3v) is 4.17. The van der Waals surface area contributed by atoms with Crippen LogP contribution in [-0.4, -0.2) is 24.1 Å². The minimum atomic E-state index is -0.0825. The molecule has 1 rings (SSSR count). The van der Waals surface area contributed by atoms with Crippen molar-refractivity contribution in [3.63, 3.8) is 0 Å². The maximum atomic E-state index is 11.9. The highest BCUT2D eigenvalue weighted by molar-refractivity contribution is 8.07. The van der Waals surface area contributed by atoms with Gasteiger partial charge in [0.1, 0.15) is 0 Å². The SMILES string of the molecule is CCC1CC(=O)C(SC)=C(SC)C1=O. The predicted octanol–water partition coefficient (Wildman–Crippen LogP) is 2.49. The van der Waals surface area contributed by atoms with E-state index >= 15 is 0 Å². The number of carbonyl (C=O) groups excluding carboxylic acids is 2. The van der Waals surface area contributed by atoms with Gasteiger partial charge in [-0.3, -0.25) is 9.59 Å². The lowest BCUT2D eigenvalue weighted by atomic mass is 9.90. The lowest BCUT2D eigenvalue weighted by molar-refractivity contribution is -0.125. The Labute approximate surface area is 92.9 Å². The summed E-state index contributed by atoms with van der Waals surface area (Å²) in [5.74, 6) is 0.207. The van der Waals surface area contributed by atoms with E-state index in [9.17, 15) is 9.59 Å². The lowest BCUT2D eigenvalue weighted by Crippen LogP contribution is -2.26. The lowest BCUT2D eigenvalue weighted by Gasteiger charge is -2.22. The zero-order valence-electron chi connectivity index (χ0n) is 8.62. The Bertz CT molecular complexity index is 294. The topological polar surface area (TPSA) is 34.1 Å². The molecule has 4 heteroatoms. The van der Waals surface area contributed by atoms with Gasteiger partial charge in [-0.05, 0) is 18.9 Å². The number of ketones is 2. The highest BCUT2D eigenvalue weighted by atomic mass is 32.2. The molecule has 0 radical (unpaired) electrons. The van der Waals surface area contributed by atoms with Crippen molar-refractivity contribution in [3.05, 3.63) is 9.81 Å². The van der Waals surface area contributed by atoms with Crippen LogP contribution >= 0.6 is 23.5 Å². The Morgan fingerprint density at radius 3 is 2.21 bits per heavy atom. The number of hydrogen-bond acceptors (Lipinski definition) is 4. The Morgan fingerprint density at radius 1 is 1.21 bits per heavy atom. The molecular formula is C10H14O2S2.